The molecular weight excluding hydrogens is 598 g/mol. The van der Waals surface area contributed by atoms with Gasteiger partial charge >= 0.3 is 18.0 Å². The van der Waals surface area contributed by atoms with Crippen LogP contribution in [0.5, 0.6) is 0 Å². The predicted molar refractivity (Wildman–Crippen MR) is 170 cm³/mol. The lowest BCUT2D eigenvalue weighted by Gasteiger charge is -2.56. The van der Waals surface area contributed by atoms with E-state index in [4.69, 9.17) is 13.9 Å². The highest BCUT2D eigenvalue weighted by atomic mass is 28.4. The Morgan fingerprint density at radius 2 is 1.69 bits per heavy atom. The molecular formula is C32H45N3O9Si. The fourth-order valence-electron chi connectivity index (χ4n) is 6.13. The quantitative estimate of drug-likeness (QED) is 0.0733. The molecule has 12 nitrogen and oxygen atoms in total. The number of esters is 2. The fourth-order valence-corrected chi connectivity index (χ4v) is 9.13. The first kappa shape index (κ1) is 35.6. The Kier molecular flexibility index (Phi) is 10.8. The Morgan fingerprint density at radius 1 is 1.11 bits per heavy atom. The first-order valence-corrected chi connectivity index (χ1v) is 17.9. The number of hydrogen-bond acceptors (Lipinski definition) is 9. The average Bonchev–Trinajstić information content (AvgIpc) is 3.26. The second-order valence-electron chi connectivity index (χ2n) is 12.8. The third-order valence-corrected chi connectivity index (χ3v) is 13.7. The summed E-state index contributed by atoms with van der Waals surface area (Å²) >= 11 is 0. The number of amides is 2. The molecule has 1 unspecified atom stereocenters. The molecule has 246 valence electrons. The van der Waals surface area contributed by atoms with Crippen LogP contribution in [0.25, 0.3) is 0 Å². The van der Waals surface area contributed by atoms with Crippen molar-refractivity contribution in [1.29, 1.82) is 0 Å². The standard InChI is InChI=1S/C32H45N3O9Si/c1-10-45(11-2,12-3)44-21(5)32(9)26-20(4)24(14-13-19-33-30(39)43-31(6,7)8)25(34(26)29(32)38)28(37)42-27(36)22-15-17-23(18-16-22)35(40)41/h13-18,20-21,26H,10-12,19H2,1-9H3,(H,33,39)/b14-13+/t20-,21?,26+,32+/m0/s1. The number of benzene rings is 1. The highest BCUT2D eigenvalue weighted by Crippen LogP contribution is 2.55. The molecule has 1 saturated heterocycles. The molecule has 1 N–H and O–H groups in total. The minimum atomic E-state index is -2.08. The van der Waals surface area contributed by atoms with Gasteiger partial charge in [-0.2, -0.15) is 0 Å². The topological polar surface area (TPSA) is 154 Å². The van der Waals surface area contributed by atoms with Crippen LogP contribution >= 0.6 is 0 Å². The van der Waals surface area contributed by atoms with E-state index in [1.54, 1.807) is 32.9 Å². The van der Waals surface area contributed by atoms with Gasteiger partial charge in [0.05, 0.1) is 28.0 Å². The van der Waals surface area contributed by atoms with Crippen molar-refractivity contribution in [3.63, 3.8) is 0 Å². The molecule has 0 bridgehead atoms. The lowest BCUT2D eigenvalue weighted by atomic mass is 9.65. The number of carbonyl (C=O) groups is 4. The maximum absolute atomic E-state index is 13.9. The minimum absolute atomic E-state index is 0.0578. The summed E-state index contributed by atoms with van der Waals surface area (Å²) in [5.74, 6) is -2.67. The summed E-state index contributed by atoms with van der Waals surface area (Å²) in [6, 6.07) is 6.97. The molecule has 2 amide bonds. The van der Waals surface area contributed by atoms with E-state index >= 15 is 0 Å². The van der Waals surface area contributed by atoms with E-state index in [9.17, 15) is 29.3 Å². The predicted octanol–water partition coefficient (Wildman–Crippen LogP) is 5.89. The molecule has 2 aliphatic heterocycles. The number of non-ortho nitro benzene ring substituents is 1. The molecule has 1 aromatic rings. The number of β-lactam (4-membered cyclic amide) rings is 1. The number of nitro benzene ring substituents is 1. The van der Waals surface area contributed by atoms with E-state index in [-0.39, 0.29) is 35.3 Å². The lowest BCUT2D eigenvalue weighted by molar-refractivity contribution is -0.384. The SMILES string of the molecule is CC[Si](CC)(CC)OC(C)[C@@]1(C)C(=O)N2C(C(=O)OC(=O)c3ccc([N+](=O)[O-])cc3)=C(/C=C/CNC(=O)OC(C)(C)C)[C@H](C)[C@@H]21. The van der Waals surface area contributed by atoms with Gasteiger partial charge in [0.2, 0.25) is 5.91 Å². The van der Waals surface area contributed by atoms with Gasteiger partial charge in [-0.1, -0.05) is 39.8 Å². The molecule has 3 rings (SSSR count). The van der Waals surface area contributed by atoms with Crippen LogP contribution in [-0.4, -0.2) is 66.4 Å². The number of alkyl carbamates (subject to hydrolysis) is 1. The van der Waals surface area contributed by atoms with Gasteiger partial charge in [-0.15, -0.1) is 0 Å². The molecule has 1 aromatic carbocycles. The third-order valence-electron chi connectivity index (χ3n) is 9.01. The summed E-state index contributed by atoms with van der Waals surface area (Å²) in [7, 11) is -2.08. The van der Waals surface area contributed by atoms with Crippen LogP contribution < -0.4 is 5.32 Å². The van der Waals surface area contributed by atoms with E-state index < -0.39 is 54.4 Å². The van der Waals surface area contributed by atoms with Crippen molar-refractivity contribution in [3.8, 4) is 0 Å². The number of fused-ring (bicyclic) bond motifs is 1. The number of carbonyl (C=O) groups excluding carboxylic acids is 4. The first-order chi connectivity index (χ1) is 21.0. The average molecular weight is 644 g/mol. The van der Waals surface area contributed by atoms with E-state index in [1.807, 2.05) is 20.8 Å². The van der Waals surface area contributed by atoms with Crippen LogP contribution in [0.2, 0.25) is 18.1 Å². The zero-order valence-corrected chi connectivity index (χ0v) is 28.6. The number of nitrogens with zero attached hydrogens (tertiary/aromatic N) is 2. The van der Waals surface area contributed by atoms with Crippen molar-refractivity contribution >= 4 is 37.9 Å². The number of hydrogen-bond donors (Lipinski definition) is 1. The van der Waals surface area contributed by atoms with Gasteiger partial charge in [0, 0.05) is 24.6 Å². The first-order valence-electron chi connectivity index (χ1n) is 15.4. The largest absolute Gasteiger partial charge is 0.444 e. The maximum atomic E-state index is 13.9. The van der Waals surface area contributed by atoms with E-state index in [1.165, 1.54) is 17.0 Å². The zero-order valence-electron chi connectivity index (χ0n) is 27.6. The van der Waals surface area contributed by atoms with Crippen molar-refractivity contribution < 1.29 is 38.0 Å². The molecule has 4 atom stereocenters. The van der Waals surface area contributed by atoms with Gasteiger partial charge in [0.1, 0.15) is 11.3 Å². The number of rotatable bonds is 12. The third kappa shape index (κ3) is 7.19. The van der Waals surface area contributed by atoms with E-state index in [2.05, 4.69) is 26.1 Å². The molecule has 2 aliphatic rings. The summed E-state index contributed by atoms with van der Waals surface area (Å²) in [4.78, 5) is 64.3. The normalized spacial score (nSPS) is 22.2. The summed E-state index contributed by atoms with van der Waals surface area (Å²) in [6.07, 6.45) is 2.26. The number of nitro groups is 1. The van der Waals surface area contributed by atoms with Crippen LogP contribution in [0.1, 0.15) is 72.7 Å². The second-order valence-corrected chi connectivity index (χ2v) is 17.5. The van der Waals surface area contributed by atoms with Crippen molar-refractivity contribution in [1.82, 2.24) is 10.2 Å². The molecule has 0 radical (unpaired) electrons. The summed E-state index contributed by atoms with van der Waals surface area (Å²) in [5.41, 5.74) is -1.47. The van der Waals surface area contributed by atoms with Crippen LogP contribution in [0.4, 0.5) is 10.5 Å². The maximum Gasteiger partial charge on any atom is 0.407 e. The van der Waals surface area contributed by atoms with Crippen LogP contribution in [0.15, 0.2) is 47.7 Å². The van der Waals surface area contributed by atoms with Gasteiger partial charge in [-0.25, -0.2) is 14.4 Å². The molecule has 1 fully saturated rings. The number of allylic oxidation sites excluding steroid dienone is 1. The Labute approximate surface area is 265 Å². The molecule has 13 heteroatoms. The molecule has 0 aromatic heterocycles. The van der Waals surface area contributed by atoms with Crippen molar-refractivity contribution in [2.45, 2.75) is 98.2 Å². The van der Waals surface area contributed by atoms with Crippen LogP contribution in [0.3, 0.4) is 0 Å². The van der Waals surface area contributed by atoms with Gasteiger partial charge in [-0.05, 0) is 70.5 Å². The van der Waals surface area contributed by atoms with Crippen LogP contribution in [0, 0.1) is 21.4 Å². The Hall–Kier alpha value is -3.84. The van der Waals surface area contributed by atoms with Gasteiger partial charge in [0.25, 0.3) is 5.69 Å². The van der Waals surface area contributed by atoms with Crippen molar-refractivity contribution in [2.75, 3.05) is 6.54 Å². The Bertz CT molecular complexity index is 1390. The molecule has 0 saturated carbocycles. The van der Waals surface area contributed by atoms with E-state index in [0.717, 1.165) is 30.3 Å². The Balaban J connectivity index is 1.92. The zero-order chi connectivity index (χ0) is 33.9. The molecule has 0 aliphatic carbocycles. The smallest absolute Gasteiger partial charge is 0.407 e. The van der Waals surface area contributed by atoms with Gasteiger partial charge in [0.15, 0.2) is 8.32 Å². The summed E-state index contributed by atoms with van der Waals surface area (Å²) in [5, 5.41) is 13.6. The summed E-state index contributed by atoms with van der Waals surface area (Å²) in [6.45, 7) is 17.4. The van der Waals surface area contributed by atoms with E-state index in [0.29, 0.717) is 5.57 Å². The molecule has 45 heavy (non-hydrogen) atoms. The molecule has 2 heterocycles. The van der Waals surface area contributed by atoms with Gasteiger partial charge < -0.3 is 24.1 Å². The second kappa shape index (κ2) is 13.7. The van der Waals surface area contributed by atoms with Gasteiger partial charge in [-0.3, -0.25) is 14.9 Å². The fraction of sp³-hybridized carbons (Fsp3) is 0.562. The minimum Gasteiger partial charge on any atom is -0.444 e. The van der Waals surface area contributed by atoms with Crippen molar-refractivity contribution in [3.05, 3.63) is 63.4 Å². The van der Waals surface area contributed by atoms with Crippen molar-refractivity contribution in [2.24, 2.45) is 11.3 Å². The number of ether oxygens (including phenoxy) is 2. The Morgan fingerprint density at radius 3 is 2.20 bits per heavy atom. The number of nitrogens with one attached hydrogen (secondary N) is 1. The van der Waals surface area contributed by atoms with Crippen LogP contribution in [-0.2, 0) is 23.5 Å². The molecule has 0 spiro atoms. The monoisotopic (exact) mass is 643 g/mol. The highest BCUT2D eigenvalue weighted by Gasteiger charge is 2.68. The highest BCUT2D eigenvalue weighted by molar-refractivity contribution is 6.73. The lowest BCUT2D eigenvalue weighted by Crippen LogP contribution is -2.72. The summed E-state index contributed by atoms with van der Waals surface area (Å²) < 4.78 is 17.2.